The van der Waals surface area contributed by atoms with Crippen LogP contribution in [0.2, 0.25) is 10.0 Å². The van der Waals surface area contributed by atoms with Crippen LogP contribution in [-0.4, -0.2) is 41.9 Å². The van der Waals surface area contributed by atoms with E-state index in [0.29, 0.717) is 35.3 Å². The maximum absolute atomic E-state index is 13.0. The Morgan fingerprint density at radius 3 is 2.12 bits per heavy atom. The second kappa shape index (κ2) is 10.6. The number of carbonyl (C=O) groups excluding carboxylic acids is 1. The first kappa shape index (κ1) is 23.6. The van der Waals surface area contributed by atoms with E-state index in [4.69, 9.17) is 27.9 Å². The van der Waals surface area contributed by atoms with Crippen molar-refractivity contribution in [3.8, 4) is 5.75 Å². The van der Waals surface area contributed by atoms with Crippen LogP contribution in [0.1, 0.15) is 32.6 Å². The number of nitrogens with zero attached hydrogens (tertiary/aromatic N) is 2. The Bertz CT molecular complexity index is 1100. The molecule has 4 rings (SSSR count). The average molecular weight is 483 g/mol. The van der Waals surface area contributed by atoms with Crippen molar-refractivity contribution in [3.63, 3.8) is 0 Å². The minimum absolute atomic E-state index is 0.0754. The maximum Gasteiger partial charge on any atom is 0.253 e. The molecule has 1 aliphatic rings. The first-order valence-electron chi connectivity index (χ1n) is 11.1. The highest BCUT2D eigenvalue weighted by Gasteiger charge is 2.22. The quantitative estimate of drug-likeness (QED) is 0.422. The third-order valence-corrected chi connectivity index (χ3v) is 6.78. The van der Waals surface area contributed by atoms with E-state index < -0.39 is 0 Å². The fourth-order valence-electron chi connectivity index (χ4n) is 4.11. The van der Waals surface area contributed by atoms with Gasteiger partial charge >= 0.3 is 0 Å². The van der Waals surface area contributed by atoms with Gasteiger partial charge in [0, 0.05) is 38.3 Å². The first-order valence-corrected chi connectivity index (χ1v) is 11.9. The van der Waals surface area contributed by atoms with E-state index in [2.05, 4.69) is 30.9 Å². The summed E-state index contributed by atoms with van der Waals surface area (Å²) in [6, 6.07) is 19.6. The fraction of sp³-hybridized carbons (Fsp3) is 0.296. The molecule has 3 aromatic rings. The van der Waals surface area contributed by atoms with Gasteiger partial charge in [-0.15, -0.1) is 0 Å². The van der Waals surface area contributed by atoms with Crippen molar-refractivity contribution in [2.24, 2.45) is 0 Å². The summed E-state index contributed by atoms with van der Waals surface area (Å²) in [5.41, 5.74) is 5.13. The van der Waals surface area contributed by atoms with E-state index in [1.807, 2.05) is 53.4 Å². The van der Waals surface area contributed by atoms with Crippen LogP contribution in [0.15, 0.2) is 60.7 Å². The summed E-state index contributed by atoms with van der Waals surface area (Å²) >= 11 is 12.1. The molecule has 1 amide bonds. The van der Waals surface area contributed by atoms with Gasteiger partial charge in [0.05, 0.1) is 10.0 Å². The van der Waals surface area contributed by atoms with E-state index in [0.717, 1.165) is 47.6 Å². The third kappa shape index (κ3) is 5.89. The van der Waals surface area contributed by atoms with Crippen molar-refractivity contribution >= 4 is 29.1 Å². The standard InChI is InChI=1S/C27H28Cl2N2O2/c1-19-4-3-5-20(2)26(19)33-18-21-6-9-23(10-7-21)27(32)31-14-12-30(13-15-31)17-22-8-11-24(28)25(29)16-22/h3-11,16H,12-15,17-18H2,1-2H3. The van der Waals surface area contributed by atoms with Gasteiger partial charge in [-0.25, -0.2) is 0 Å². The number of rotatable bonds is 6. The zero-order valence-corrected chi connectivity index (χ0v) is 20.5. The van der Waals surface area contributed by atoms with Gasteiger partial charge in [0.25, 0.3) is 5.91 Å². The number of carbonyl (C=O) groups is 1. The second-order valence-electron chi connectivity index (χ2n) is 8.52. The minimum Gasteiger partial charge on any atom is -0.488 e. The van der Waals surface area contributed by atoms with Gasteiger partial charge < -0.3 is 9.64 Å². The van der Waals surface area contributed by atoms with Crippen molar-refractivity contribution in [3.05, 3.63) is 98.5 Å². The Kier molecular flexibility index (Phi) is 7.59. The number of benzene rings is 3. The molecule has 1 aliphatic heterocycles. The summed E-state index contributed by atoms with van der Waals surface area (Å²) in [5, 5.41) is 1.14. The van der Waals surface area contributed by atoms with Crippen molar-refractivity contribution in [2.75, 3.05) is 26.2 Å². The van der Waals surface area contributed by atoms with Crippen LogP contribution in [0.4, 0.5) is 0 Å². The van der Waals surface area contributed by atoms with Gasteiger partial charge in [-0.1, -0.05) is 59.6 Å². The van der Waals surface area contributed by atoms with Crippen molar-refractivity contribution < 1.29 is 9.53 Å². The lowest BCUT2D eigenvalue weighted by atomic mass is 10.1. The first-order chi connectivity index (χ1) is 15.9. The molecule has 0 bridgehead atoms. The number of ether oxygens (including phenoxy) is 1. The van der Waals surface area contributed by atoms with Crippen LogP contribution in [0, 0.1) is 13.8 Å². The summed E-state index contributed by atoms with van der Waals surface area (Å²) in [6.45, 7) is 8.45. The minimum atomic E-state index is 0.0754. The lowest BCUT2D eigenvalue weighted by molar-refractivity contribution is 0.0628. The van der Waals surface area contributed by atoms with Crippen LogP contribution < -0.4 is 4.74 Å². The number of piperazine rings is 1. The highest BCUT2D eigenvalue weighted by atomic mass is 35.5. The molecule has 0 atom stereocenters. The lowest BCUT2D eigenvalue weighted by Gasteiger charge is -2.34. The summed E-state index contributed by atoms with van der Waals surface area (Å²) in [6.07, 6.45) is 0. The third-order valence-electron chi connectivity index (χ3n) is 6.04. The Hall–Kier alpha value is -2.53. The smallest absolute Gasteiger partial charge is 0.253 e. The van der Waals surface area contributed by atoms with Crippen LogP contribution >= 0.6 is 23.2 Å². The van der Waals surface area contributed by atoms with Crippen LogP contribution in [0.3, 0.4) is 0 Å². The van der Waals surface area contributed by atoms with E-state index in [9.17, 15) is 4.79 Å². The summed E-state index contributed by atoms with van der Waals surface area (Å²) < 4.78 is 6.03. The Morgan fingerprint density at radius 1 is 0.848 bits per heavy atom. The predicted molar refractivity (Wildman–Crippen MR) is 134 cm³/mol. The molecule has 0 aliphatic carbocycles. The van der Waals surface area contributed by atoms with Crippen LogP contribution in [0.5, 0.6) is 5.75 Å². The zero-order valence-electron chi connectivity index (χ0n) is 19.0. The van der Waals surface area contributed by atoms with Gasteiger partial charge in [0.2, 0.25) is 0 Å². The molecule has 4 nitrogen and oxygen atoms in total. The molecule has 0 N–H and O–H groups in total. The molecule has 33 heavy (non-hydrogen) atoms. The highest BCUT2D eigenvalue weighted by molar-refractivity contribution is 6.42. The molecule has 0 saturated carbocycles. The molecular formula is C27H28Cl2N2O2. The predicted octanol–water partition coefficient (Wildman–Crippen LogP) is 6.15. The van der Waals surface area contributed by atoms with Crippen LogP contribution in [-0.2, 0) is 13.2 Å². The number of hydrogen-bond acceptors (Lipinski definition) is 3. The topological polar surface area (TPSA) is 32.8 Å². The Balaban J connectivity index is 1.29. The molecule has 0 aromatic heterocycles. The molecule has 6 heteroatoms. The van der Waals surface area contributed by atoms with Gasteiger partial charge in [-0.3, -0.25) is 9.69 Å². The van der Waals surface area contributed by atoms with Crippen molar-refractivity contribution in [2.45, 2.75) is 27.0 Å². The zero-order chi connectivity index (χ0) is 23.4. The van der Waals surface area contributed by atoms with Gasteiger partial charge in [0.15, 0.2) is 0 Å². The fourth-order valence-corrected chi connectivity index (χ4v) is 4.43. The number of halogens is 2. The monoisotopic (exact) mass is 482 g/mol. The SMILES string of the molecule is Cc1cccc(C)c1OCc1ccc(C(=O)N2CCN(Cc3ccc(Cl)c(Cl)c3)CC2)cc1. The summed E-state index contributed by atoms with van der Waals surface area (Å²) in [5.74, 6) is 1.00. The molecule has 1 saturated heterocycles. The molecule has 0 spiro atoms. The average Bonchev–Trinajstić information content (AvgIpc) is 2.82. The van der Waals surface area contributed by atoms with Gasteiger partial charge in [-0.05, 0) is 60.4 Å². The summed E-state index contributed by atoms with van der Waals surface area (Å²) in [7, 11) is 0. The van der Waals surface area contributed by atoms with Crippen molar-refractivity contribution in [1.29, 1.82) is 0 Å². The maximum atomic E-state index is 13.0. The Labute approximate surface area is 205 Å². The second-order valence-corrected chi connectivity index (χ2v) is 9.34. The number of amides is 1. The largest absolute Gasteiger partial charge is 0.488 e. The molecule has 0 radical (unpaired) electrons. The van der Waals surface area contributed by atoms with Crippen LogP contribution in [0.25, 0.3) is 0 Å². The van der Waals surface area contributed by atoms with E-state index >= 15 is 0 Å². The molecular weight excluding hydrogens is 455 g/mol. The molecule has 3 aromatic carbocycles. The molecule has 172 valence electrons. The van der Waals surface area contributed by atoms with E-state index in [1.165, 1.54) is 0 Å². The molecule has 0 unspecified atom stereocenters. The highest BCUT2D eigenvalue weighted by Crippen LogP contribution is 2.25. The van der Waals surface area contributed by atoms with E-state index in [-0.39, 0.29) is 5.91 Å². The Morgan fingerprint density at radius 2 is 1.48 bits per heavy atom. The number of para-hydroxylation sites is 1. The number of aryl methyl sites for hydroxylation is 2. The molecule has 1 fully saturated rings. The van der Waals surface area contributed by atoms with Gasteiger partial charge in [0.1, 0.15) is 12.4 Å². The lowest BCUT2D eigenvalue weighted by Crippen LogP contribution is -2.48. The normalized spacial score (nSPS) is 14.4. The molecule has 1 heterocycles. The van der Waals surface area contributed by atoms with Gasteiger partial charge in [-0.2, -0.15) is 0 Å². The van der Waals surface area contributed by atoms with Crippen molar-refractivity contribution in [1.82, 2.24) is 9.80 Å². The van der Waals surface area contributed by atoms with E-state index in [1.54, 1.807) is 0 Å². The number of hydrogen-bond donors (Lipinski definition) is 0. The summed E-state index contributed by atoms with van der Waals surface area (Å²) in [4.78, 5) is 17.2.